The van der Waals surface area contributed by atoms with Gasteiger partial charge >= 0.3 is 0 Å². The molecule has 0 aromatic carbocycles. The van der Waals surface area contributed by atoms with Crippen LogP contribution in [-0.2, 0) is 9.84 Å². The zero-order valence-corrected chi connectivity index (χ0v) is 12.2. The van der Waals surface area contributed by atoms with Crippen LogP contribution in [0.5, 0.6) is 0 Å². The number of pyridine rings is 1. The molecule has 1 saturated carbocycles. The summed E-state index contributed by atoms with van der Waals surface area (Å²) in [5.41, 5.74) is 0. The van der Waals surface area contributed by atoms with E-state index in [1.54, 1.807) is 18.3 Å². The van der Waals surface area contributed by atoms with Crippen molar-refractivity contribution >= 4 is 15.7 Å². The molecule has 1 aromatic rings. The lowest BCUT2D eigenvalue weighted by molar-refractivity contribution is 0.491. The summed E-state index contributed by atoms with van der Waals surface area (Å²) in [6.45, 7) is 0.788. The quantitative estimate of drug-likeness (QED) is 0.815. The Morgan fingerprint density at radius 2 is 2.11 bits per heavy atom. The van der Waals surface area contributed by atoms with E-state index in [1.807, 2.05) is 0 Å². The zero-order valence-electron chi connectivity index (χ0n) is 11.4. The monoisotopic (exact) mass is 282 g/mol. The number of hydrogen-bond donors (Lipinski definition) is 1. The van der Waals surface area contributed by atoms with Gasteiger partial charge in [-0.1, -0.05) is 25.7 Å². The molecule has 1 N–H and O–H groups in total. The molecule has 0 unspecified atom stereocenters. The van der Waals surface area contributed by atoms with Crippen LogP contribution in [0.1, 0.15) is 38.5 Å². The van der Waals surface area contributed by atoms with E-state index in [0.717, 1.165) is 18.9 Å². The normalized spacial score (nSPS) is 16.7. The van der Waals surface area contributed by atoms with Crippen molar-refractivity contribution in [3.05, 3.63) is 18.3 Å². The highest BCUT2D eigenvalue weighted by Crippen LogP contribution is 2.28. The van der Waals surface area contributed by atoms with Crippen molar-refractivity contribution in [2.45, 2.75) is 43.4 Å². The van der Waals surface area contributed by atoms with Crippen LogP contribution in [0.4, 0.5) is 5.82 Å². The van der Waals surface area contributed by atoms with E-state index in [2.05, 4.69) is 10.3 Å². The third-order valence-electron chi connectivity index (χ3n) is 3.73. The molecule has 1 aromatic heterocycles. The van der Waals surface area contributed by atoms with Crippen molar-refractivity contribution in [1.29, 1.82) is 0 Å². The Morgan fingerprint density at radius 3 is 2.79 bits per heavy atom. The molecule has 4 nitrogen and oxygen atoms in total. The number of aromatic nitrogens is 1. The first kappa shape index (κ1) is 14.3. The van der Waals surface area contributed by atoms with E-state index in [0.29, 0.717) is 5.82 Å². The topological polar surface area (TPSA) is 59.1 Å². The van der Waals surface area contributed by atoms with Gasteiger partial charge < -0.3 is 5.32 Å². The molecule has 2 rings (SSSR count). The minimum Gasteiger partial charge on any atom is -0.369 e. The lowest BCUT2D eigenvalue weighted by atomic mass is 10.0. The molecule has 0 aliphatic heterocycles. The van der Waals surface area contributed by atoms with E-state index >= 15 is 0 Å². The molecule has 0 bridgehead atoms. The molecule has 0 saturated heterocycles. The van der Waals surface area contributed by atoms with Gasteiger partial charge in [0, 0.05) is 19.0 Å². The number of anilines is 1. The maximum atomic E-state index is 11.6. The molecule has 1 aliphatic rings. The van der Waals surface area contributed by atoms with E-state index in [9.17, 15) is 8.42 Å². The molecule has 1 fully saturated rings. The first-order valence-corrected chi connectivity index (χ1v) is 8.85. The van der Waals surface area contributed by atoms with Crippen molar-refractivity contribution in [3.63, 3.8) is 0 Å². The van der Waals surface area contributed by atoms with Crippen LogP contribution in [0.2, 0.25) is 0 Å². The minimum atomic E-state index is -3.21. The van der Waals surface area contributed by atoms with Gasteiger partial charge in [-0.2, -0.15) is 0 Å². The maximum absolute atomic E-state index is 11.6. The number of sulfone groups is 1. The largest absolute Gasteiger partial charge is 0.369 e. The molecule has 0 atom stereocenters. The van der Waals surface area contributed by atoms with Crippen LogP contribution in [-0.4, -0.2) is 26.2 Å². The standard InChI is InChI=1S/C14H22N2O2S/c1-19(17,18)13-9-5-11-16-14(13)15-10-4-8-12-6-2-3-7-12/h5,9,11-12H,2-4,6-8,10H2,1H3,(H,15,16). The molecule has 106 valence electrons. The highest BCUT2D eigenvalue weighted by Gasteiger charge is 2.15. The summed E-state index contributed by atoms with van der Waals surface area (Å²) in [7, 11) is -3.21. The number of rotatable bonds is 6. The van der Waals surface area contributed by atoms with E-state index in [4.69, 9.17) is 0 Å². The Hall–Kier alpha value is -1.10. The lowest BCUT2D eigenvalue weighted by Gasteiger charge is -2.11. The molecular formula is C14H22N2O2S. The number of nitrogens with one attached hydrogen (secondary N) is 1. The smallest absolute Gasteiger partial charge is 0.179 e. The van der Waals surface area contributed by atoms with Crippen LogP contribution in [0.15, 0.2) is 23.2 Å². The summed E-state index contributed by atoms with van der Waals surface area (Å²) < 4.78 is 23.2. The molecule has 5 heteroatoms. The summed E-state index contributed by atoms with van der Waals surface area (Å²) in [6.07, 6.45) is 10.6. The Labute approximate surface area is 115 Å². The van der Waals surface area contributed by atoms with E-state index < -0.39 is 9.84 Å². The van der Waals surface area contributed by atoms with Gasteiger partial charge in [-0.15, -0.1) is 0 Å². The summed E-state index contributed by atoms with van der Waals surface area (Å²) in [4.78, 5) is 4.41. The lowest BCUT2D eigenvalue weighted by Crippen LogP contribution is -2.10. The summed E-state index contributed by atoms with van der Waals surface area (Å²) >= 11 is 0. The van der Waals surface area contributed by atoms with E-state index in [-0.39, 0.29) is 4.90 Å². The highest BCUT2D eigenvalue weighted by molar-refractivity contribution is 7.90. The first-order chi connectivity index (χ1) is 9.07. The molecule has 0 amide bonds. The van der Waals surface area contributed by atoms with Crippen molar-refractivity contribution in [1.82, 2.24) is 4.98 Å². The summed E-state index contributed by atoms with van der Waals surface area (Å²) in [6, 6.07) is 3.25. The van der Waals surface area contributed by atoms with Crippen molar-refractivity contribution in [2.75, 3.05) is 18.1 Å². The van der Waals surface area contributed by atoms with Gasteiger partial charge in [-0.3, -0.25) is 0 Å². The van der Waals surface area contributed by atoms with Crippen LogP contribution in [0.3, 0.4) is 0 Å². The fourth-order valence-corrected chi connectivity index (χ4v) is 3.52. The number of nitrogens with zero attached hydrogens (tertiary/aromatic N) is 1. The minimum absolute atomic E-state index is 0.288. The molecular weight excluding hydrogens is 260 g/mol. The molecule has 0 spiro atoms. The van der Waals surface area contributed by atoms with Gasteiger partial charge in [0.25, 0.3) is 0 Å². The summed E-state index contributed by atoms with van der Waals surface area (Å²) in [5.74, 6) is 1.36. The van der Waals surface area contributed by atoms with Gasteiger partial charge in [-0.05, 0) is 30.9 Å². The van der Waals surface area contributed by atoms with Crippen LogP contribution < -0.4 is 5.32 Å². The van der Waals surface area contributed by atoms with Crippen LogP contribution in [0, 0.1) is 5.92 Å². The Bertz CT molecular complexity index is 508. The fourth-order valence-electron chi connectivity index (χ4n) is 2.72. The predicted octanol–water partition coefficient (Wildman–Crippen LogP) is 2.87. The second-order valence-corrected chi connectivity index (χ2v) is 7.33. The third kappa shape index (κ3) is 4.20. The van der Waals surface area contributed by atoms with Crippen LogP contribution in [0.25, 0.3) is 0 Å². The number of hydrogen-bond acceptors (Lipinski definition) is 4. The second-order valence-electron chi connectivity index (χ2n) is 5.34. The predicted molar refractivity (Wildman–Crippen MR) is 77.0 cm³/mol. The summed E-state index contributed by atoms with van der Waals surface area (Å²) in [5, 5.41) is 3.15. The van der Waals surface area contributed by atoms with Gasteiger partial charge in [0.2, 0.25) is 0 Å². The Balaban J connectivity index is 1.85. The maximum Gasteiger partial charge on any atom is 0.179 e. The van der Waals surface area contributed by atoms with Crippen molar-refractivity contribution in [3.8, 4) is 0 Å². The van der Waals surface area contributed by atoms with Crippen LogP contribution >= 0.6 is 0 Å². The Morgan fingerprint density at radius 1 is 1.37 bits per heavy atom. The average Bonchev–Trinajstić information content (AvgIpc) is 2.87. The van der Waals surface area contributed by atoms with Gasteiger partial charge in [-0.25, -0.2) is 13.4 Å². The van der Waals surface area contributed by atoms with Gasteiger partial charge in [0.15, 0.2) is 9.84 Å². The average molecular weight is 282 g/mol. The fraction of sp³-hybridized carbons (Fsp3) is 0.643. The molecule has 19 heavy (non-hydrogen) atoms. The second kappa shape index (κ2) is 6.37. The van der Waals surface area contributed by atoms with Crippen molar-refractivity contribution in [2.24, 2.45) is 5.92 Å². The zero-order chi connectivity index (χ0) is 13.7. The van der Waals surface area contributed by atoms with Crippen molar-refractivity contribution < 1.29 is 8.42 Å². The molecule has 1 aliphatic carbocycles. The molecule has 1 heterocycles. The SMILES string of the molecule is CS(=O)(=O)c1cccnc1NCCCC1CCCC1. The Kier molecular flexibility index (Phi) is 4.80. The van der Waals surface area contributed by atoms with Gasteiger partial charge in [0.1, 0.15) is 10.7 Å². The third-order valence-corrected chi connectivity index (χ3v) is 4.85. The van der Waals surface area contributed by atoms with E-state index in [1.165, 1.54) is 38.4 Å². The molecule has 0 radical (unpaired) electrons. The van der Waals surface area contributed by atoms with Gasteiger partial charge in [0.05, 0.1) is 0 Å². The highest BCUT2D eigenvalue weighted by atomic mass is 32.2. The first-order valence-electron chi connectivity index (χ1n) is 6.96.